The molecule has 102 heavy (non-hydrogen) atoms. The van der Waals surface area contributed by atoms with Gasteiger partial charge in [0.25, 0.3) is 0 Å². The van der Waals surface area contributed by atoms with Crippen molar-refractivity contribution in [2.24, 2.45) is 0 Å². The number of fused-ring (bicyclic) bond motifs is 21. The maximum Gasteiger partial charge on any atom is 0.488 e. The Hall–Kier alpha value is -12.2. The molecule has 9 nitrogen and oxygen atoms in total. The van der Waals surface area contributed by atoms with Gasteiger partial charge in [-0.2, -0.15) is 0 Å². The molecule has 22 rings (SSSR count). The molecule has 0 aliphatic heterocycles. The van der Waals surface area contributed by atoms with Crippen LogP contribution in [0.4, 0.5) is 0 Å². The number of furan rings is 7. The molecule has 2 N–H and O–H groups in total. The van der Waals surface area contributed by atoms with Crippen LogP contribution >= 0.6 is 31.9 Å². The normalized spacial score (nSPS) is 11.9. The third-order valence-electron chi connectivity index (χ3n) is 19.8. The molecule has 0 saturated carbocycles. The zero-order valence-corrected chi connectivity index (χ0v) is 57.0. The summed E-state index contributed by atoms with van der Waals surface area (Å²) < 4.78 is 45.2. The van der Waals surface area contributed by atoms with Gasteiger partial charge in [0.15, 0.2) is 0 Å². The minimum atomic E-state index is -1.48. The van der Waals surface area contributed by atoms with Crippen LogP contribution in [0.25, 0.3) is 209 Å². The van der Waals surface area contributed by atoms with E-state index in [-0.39, 0.29) is 0 Å². The molecule has 0 radical (unpaired) electrons. The lowest BCUT2D eigenvalue weighted by Gasteiger charge is -2.04. The second-order valence-corrected chi connectivity index (χ2v) is 27.7. The van der Waals surface area contributed by atoms with E-state index < -0.39 is 7.12 Å². The largest absolute Gasteiger partial charge is 0.488 e. The SMILES string of the molecule is Brc1ccc2oc3cc4oc5ccc(Br)cc5c4cc3c2c1.OB(O)c1ccc2oc3ccc(-c4ccccc4)cc3c2c1.c1ccc(-c2ccc3oc4ccc(-c5ccc6oc7cc8oc9ccc(-c%10ccc%11oc%12ccc(-c%13ccccc%13)cc%12c%11c%10)cc9c8cc7c6c5)cc4c3c2)cc1. The van der Waals surface area contributed by atoms with E-state index in [1.54, 1.807) is 18.2 Å². The first-order chi connectivity index (χ1) is 50.1. The summed E-state index contributed by atoms with van der Waals surface area (Å²) in [5.41, 5.74) is 23.7. The minimum Gasteiger partial charge on any atom is -0.456 e. The predicted molar refractivity (Wildman–Crippen MR) is 423 cm³/mol. The summed E-state index contributed by atoms with van der Waals surface area (Å²) in [7, 11) is -1.48. The summed E-state index contributed by atoms with van der Waals surface area (Å²) in [5, 5.41) is 33.6. The summed E-state index contributed by atoms with van der Waals surface area (Å²) in [5.74, 6) is 0. The van der Waals surface area contributed by atoms with Gasteiger partial charge in [-0.05, 0) is 201 Å². The third kappa shape index (κ3) is 10.3. The van der Waals surface area contributed by atoms with Gasteiger partial charge in [0.1, 0.15) is 78.2 Å². The monoisotopic (exact) mass is 1440 g/mol. The molecule has 0 saturated heterocycles. The van der Waals surface area contributed by atoms with Gasteiger partial charge in [-0.25, -0.2) is 0 Å². The number of hydrogen-bond donors (Lipinski definition) is 2. The van der Waals surface area contributed by atoms with E-state index in [2.05, 4.69) is 232 Å². The molecule has 0 bridgehead atoms. The summed E-state index contributed by atoms with van der Waals surface area (Å²) in [6, 6.07) is 102. The lowest BCUT2D eigenvalue weighted by atomic mass is 9.80. The van der Waals surface area contributed by atoms with Gasteiger partial charge in [0.2, 0.25) is 0 Å². The van der Waals surface area contributed by atoms with E-state index in [9.17, 15) is 10.0 Å². The van der Waals surface area contributed by atoms with Gasteiger partial charge in [-0.15, -0.1) is 0 Å². The molecule has 0 unspecified atom stereocenters. The van der Waals surface area contributed by atoms with Crippen LogP contribution in [0.3, 0.4) is 0 Å². The van der Waals surface area contributed by atoms with E-state index in [1.807, 2.05) is 78.9 Å². The van der Waals surface area contributed by atoms with Crippen molar-refractivity contribution >= 4 is 198 Å². The van der Waals surface area contributed by atoms with Crippen LogP contribution in [0.15, 0.2) is 337 Å². The molecule has 7 aromatic heterocycles. The molecule has 7 heterocycles. The minimum absolute atomic E-state index is 0.459. The van der Waals surface area contributed by atoms with Crippen LogP contribution < -0.4 is 5.46 Å². The van der Waals surface area contributed by atoms with Crippen molar-refractivity contribution in [3.05, 3.63) is 306 Å². The van der Waals surface area contributed by atoms with Gasteiger partial charge in [0, 0.05) is 96.5 Å². The highest BCUT2D eigenvalue weighted by atomic mass is 79.9. The second-order valence-electron chi connectivity index (χ2n) is 25.9. The molecule has 482 valence electrons. The lowest BCUT2D eigenvalue weighted by molar-refractivity contribution is 0.426. The molecule has 0 atom stereocenters. The van der Waals surface area contributed by atoms with E-state index in [0.29, 0.717) is 5.46 Å². The fraction of sp³-hybridized carbons (Fsp3) is 0. The molecular weight excluding hydrogens is 1400 g/mol. The number of rotatable bonds is 6. The Labute approximate surface area is 596 Å². The van der Waals surface area contributed by atoms with E-state index in [0.717, 1.165) is 196 Å². The third-order valence-corrected chi connectivity index (χ3v) is 20.8. The van der Waals surface area contributed by atoms with Crippen LogP contribution in [-0.2, 0) is 0 Å². The highest BCUT2D eigenvalue weighted by Gasteiger charge is 2.21. The molecule has 0 aliphatic rings. The molecule has 0 fully saturated rings. The van der Waals surface area contributed by atoms with Crippen molar-refractivity contribution in [3.63, 3.8) is 0 Å². The molecule has 0 amide bonds. The summed E-state index contributed by atoms with van der Waals surface area (Å²) in [6.07, 6.45) is 0. The maximum atomic E-state index is 9.35. The number of hydrogen-bond acceptors (Lipinski definition) is 9. The van der Waals surface area contributed by atoms with Crippen LogP contribution in [-0.4, -0.2) is 17.2 Å². The van der Waals surface area contributed by atoms with Gasteiger partial charge in [-0.3, -0.25) is 0 Å². The summed E-state index contributed by atoms with van der Waals surface area (Å²) in [6.45, 7) is 0. The maximum absolute atomic E-state index is 9.35. The van der Waals surface area contributed by atoms with Crippen molar-refractivity contribution < 1.29 is 41.0 Å². The zero-order chi connectivity index (χ0) is 67.8. The smallest absolute Gasteiger partial charge is 0.456 e. The number of halogens is 2. The highest BCUT2D eigenvalue weighted by Crippen LogP contribution is 2.44. The van der Waals surface area contributed by atoms with Crippen molar-refractivity contribution in [2.75, 3.05) is 0 Å². The first kappa shape index (κ1) is 59.9. The van der Waals surface area contributed by atoms with Crippen molar-refractivity contribution in [2.45, 2.75) is 0 Å². The number of benzene rings is 15. The van der Waals surface area contributed by atoms with Crippen LogP contribution in [0.2, 0.25) is 0 Å². The van der Waals surface area contributed by atoms with Crippen molar-refractivity contribution in [1.82, 2.24) is 0 Å². The molecular formula is C90H51BBr2O9. The second kappa shape index (κ2) is 23.8. The summed E-state index contributed by atoms with van der Waals surface area (Å²) >= 11 is 7.06. The predicted octanol–water partition coefficient (Wildman–Crippen LogP) is 25.9. The lowest BCUT2D eigenvalue weighted by Crippen LogP contribution is -2.29. The van der Waals surface area contributed by atoms with Gasteiger partial charge >= 0.3 is 7.12 Å². The fourth-order valence-corrected chi connectivity index (χ4v) is 15.4. The van der Waals surface area contributed by atoms with Crippen molar-refractivity contribution in [1.29, 1.82) is 0 Å². The van der Waals surface area contributed by atoms with Crippen LogP contribution in [0.5, 0.6) is 0 Å². The Morgan fingerprint density at radius 1 is 0.176 bits per heavy atom. The Bertz CT molecular complexity index is 6800. The fourth-order valence-electron chi connectivity index (χ4n) is 14.7. The molecule has 0 aliphatic carbocycles. The molecule has 0 spiro atoms. The standard InChI is InChI=1S/C54H30O4.C18H13BO3.C18H8Br2O2/c1-3-7-31(8-4-1)33-11-17-47-39(23-33)41-25-35(13-19-49(41)55-47)37-15-21-51-43(27-37)45-29-46-44-28-38(16-22-52(44)58-54(46)30-53(45)57-51)36-14-20-50-42(26-36)40-24-34(12-18-48(40)56-50)32-9-5-2-6-10-32;20-19(21)14-7-9-18-16(11-14)15-10-13(6-8-17(15)22-18)12-4-2-1-3-5-12;19-9-1-3-15-11(5-9)13-7-14-12-6-10(20)2-4-16(12)22-18(14)8-17(13)21-15/h1-30H;1-11,20-21H;1-8H. The van der Waals surface area contributed by atoms with Crippen LogP contribution in [0, 0.1) is 0 Å². The van der Waals surface area contributed by atoms with Crippen molar-refractivity contribution in [3.8, 4) is 55.6 Å². The quantitative estimate of drug-likeness (QED) is 0.156. The van der Waals surface area contributed by atoms with Crippen LogP contribution in [0.1, 0.15) is 0 Å². The van der Waals surface area contributed by atoms with Gasteiger partial charge in [-0.1, -0.05) is 177 Å². The van der Waals surface area contributed by atoms with E-state index in [1.165, 1.54) is 22.3 Å². The first-order valence-electron chi connectivity index (χ1n) is 33.5. The first-order valence-corrected chi connectivity index (χ1v) is 35.0. The zero-order valence-electron chi connectivity index (χ0n) is 53.9. The topological polar surface area (TPSA) is 132 Å². The average molecular weight is 1450 g/mol. The Balaban J connectivity index is 0.000000128. The summed E-state index contributed by atoms with van der Waals surface area (Å²) in [4.78, 5) is 0. The molecule has 15 aromatic carbocycles. The highest BCUT2D eigenvalue weighted by molar-refractivity contribution is 9.10. The molecule has 12 heteroatoms. The van der Waals surface area contributed by atoms with E-state index >= 15 is 0 Å². The Kier molecular flexibility index (Phi) is 13.9. The Morgan fingerprint density at radius 2 is 0.382 bits per heavy atom. The van der Waals surface area contributed by atoms with Gasteiger partial charge < -0.3 is 41.0 Å². The average Bonchev–Trinajstić information content (AvgIpc) is 1.60. The van der Waals surface area contributed by atoms with E-state index in [4.69, 9.17) is 30.9 Å². The Morgan fingerprint density at radius 3 is 0.647 bits per heavy atom. The molecule has 22 aromatic rings. The van der Waals surface area contributed by atoms with Gasteiger partial charge in [0.05, 0.1) is 0 Å².